The molecule has 0 radical (unpaired) electrons. The number of likely N-dealkylation sites (tertiary alicyclic amines) is 1. The van der Waals surface area contributed by atoms with Gasteiger partial charge in [-0.1, -0.05) is 36.4 Å². The number of hydrogen-bond acceptors (Lipinski definition) is 3. The highest BCUT2D eigenvalue weighted by Gasteiger charge is 2.54. The van der Waals surface area contributed by atoms with Crippen LogP contribution in [0, 0.1) is 6.92 Å². The SMILES string of the molecule is Cc1cccc2c1Oc1ccccc1[C@@H]1CCN(C)C(=O)[C@]21O. The quantitative estimate of drug-likeness (QED) is 0.814. The van der Waals surface area contributed by atoms with Crippen molar-refractivity contribution in [2.45, 2.75) is 24.9 Å². The van der Waals surface area contributed by atoms with Gasteiger partial charge >= 0.3 is 0 Å². The number of likely N-dealkylation sites (N-methyl/N-ethyl adjacent to an activating group) is 1. The monoisotopic (exact) mass is 309 g/mol. The Balaban J connectivity index is 2.06. The third kappa shape index (κ3) is 1.85. The smallest absolute Gasteiger partial charge is 0.259 e. The minimum atomic E-state index is -1.58. The van der Waals surface area contributed by atoms with Crippen molar-refractivity contribution in [3.63, 3.8) is 0 Å². The number of nitrogens with zero attached hydrogens (tertiary/aromatic N) is 1. The van der Waals surface area contributed by atoms with E-state index in [1.54, 1.807) is 18.0 Å². The van der Waals surface area contributed by atoms with E-state index in [1.165, 1.54) is 0 Å². The molecule has 2 aromatic rings. The lowest BCUT2D eigenvalue weighted by molar-refractivity contribution is -0.159. The molecule has 2 atom stereocenters. The largest absolute Gasteiger partial charge is 0.456 e. The summed E-state index contributed by atoms with van der Waals surface area (Å²) < 4.78 is 6.14. The van der Waals surface area contributed by atoms with Crippen molar-refractivity contribution in [1.82, 2.24) is 4.90 Å². The number of benzene rings is 2. The molecular weight excluding hydrogens is 290 g/mol. The molecule has 1 saturated heterocycles. The maximum absolute atomic E-state index is 12.9. The van der Waals surface area contributed by atoms with Crippen molar-refractivity contribution in [2.24, 2.45) is 0 Å². The average Bonchev–Trinajstić information content (AvgIpc) is 2.66. The first-order valence-electron chi connectivity index (χ1n) is 7.88. The molecule has 23 heavy (non-hydrogen) atoms. The van der Waals surface area contributed by atoms with Crippen LogP contribution in [-0.2, 0) is 10.4 Å². The number of carbonyl (C=O) groups is 1. The van der Waals surface area contributed by atoms with Gasteiger partial charge in [0.25, 0.3) is 5.91 Å². The van der Waals surface area contributed by atoms with Crippen molar-refractivity contribution in [3.05, 3.63) is 59.2 Å². The molecule has 0 aliphatic carbocycles. The van der Waals surface area contributed by atoms with Crippen molar-refractivity contribution in [3.8, 4) is 11.5 Å². The van der Waals surface area contributed by atoms with E-state index in [-0.39, 0.29) is 11.8 Å². The number of para-hydroxylation sites is 2. The van der Waals surface area contributed by atoms with Crippen LogP contribution in [0.15, 0.2) is 42.5 Å². The van der Waals surface area contributed by atoms with Gasteiger partial charge in [-0.25, -0.2) is 0 Å². The third-order valence-corrected chi connectivity index (χ3v) is 5.06. The maximum atomic E-state index is 12.9. The normalized spacial score (nSPS) is 25.8. The molecular formula is C19H19NO3. The van der Waals surface area contributed by atoms with E-state index in [4.69, 9.17) is 4.74 Å². The number of aliphatic hydroxyl groups is 1. The zero-order valence-electron chi connectivity index (χ0n) is 13.2. The first kappa shape index (κ1) is 14.3. The molecule has 1 N–H and O–H groups in total. The number of amides is 1. The molecule has 4 rings (SSSR count). The molecule has 4 nitrogen and oxygen atoms in total. The Bertz CT molecular complexity index is 801. The molecule has 2 aliphatic heterocycles. The molecule has 1 amide bonds. The molecule has 1 fully saturated rings. The molecule has 2 aromatic carbocycles. The molecule has 4 heteroatoms. The first-order chi connectivity index (χ1) is 11.0. The minimum Gasteiger partial charge on any atom is -0.456 e. The summed E-state index contributed by atoms with van der Waals surface area (Å²) in [6, 6.07) is 13.3. The summed E-state index contributed by atoms with van der Waals surface area (Å²) in [5.41, 5.74) is 0.788. The van der Waals surface area contributed by atoms with Crippen molar-refractivity contribution < 1.29 is 14.6 Å². The molecule has 0 spiro atoms. The standard InChI is InChI=1S/C19H19NO3/c1-12-6-5-8-15-17(12)23-16-9-4-3-7-13(16)14-10-11-20(2)18(21)19(14,15)22/h3-9,14,22H,10-11H2,1-2H3/t14-,19+/m0/s1. The van der Waals surface area contributed by atoms with E-state index in [0.29, 0.717) is 24.3 Å². The van der Waals surface area contributed by atoms with Gasteiger partial charge in [0.15, 0.2) is 5.60 Å². The summed E-state index contributed by atoms with van der Waals surface area (Å²) in [4.78, 5) is 14.5. The average molecular weight is 309 g/mol. The predicted molar refractivity (Wildman–Crippen MR) is 86.6 cm³/mol. The van der Waals surface area contributed by atoms with Crippen LogP contribution in [0.3, 0.4) is 0 Å². The van der Waals surface area contributed by atoms with E-state index in [1.807, 2.05) is 43.3 Å². The Morgan fingerprint density at radius 1 is 1.22 bits per heavy atom. The van der Waals surface area contributed by atoms with Gasteiger partial charge in [0.1, 0.15) is 11.5 Å². The molecule has 0 bridgehead atoms. The Hall–Kier alpha value is -2.33. The van der Waals surface area contributed by atoms with E-state index in [2.05, 4.69) is 0 Å². The van der Waals surface area contributed by atoms with Crippen LogP contribution in [0.1, 0.15) is 29.0 Å². The fraction of sp³-hybridized carbons (Fsp3) is 0.316. The summed E-state index contributed by atoms with van der Waals surface area (Å²) in [5.74, 6) is 0.751. The number of aryl methyl sites for hydroxylation is 1. The van der Waals surface area contributed by atoms with Gasteiger partial charge < -0.3 is 14.7 Å². The second-order valence-electron chi connectivity index (χ2n) is 6.43. The Labute approximate surface area is 135 Å². The van der Waals surface area contributed by atoms with Crippen LogP contribution in [0.2, 0.25) is 0 Å². The minimum absolute atomic E-state index is 0.263. The van der Waals surface area contributed by atoms with Gasteiger partial charge in [-0.05, 0) is 25.0 Å². The van der Waals surface area contributed by atoms with Gasteiger partial charge in [-0.15, -0.1) is 0 Å². The van der Waals surface area contributed by atoms with Gasteiger partial charge in [0, 0.05) is 30.6 Å². The van der Waals surface area contributed by atoms with Crippen LogP contribution in [0.25, 0.3) is 0 Å². The number of hydrogen-bond donors (Lipinski definition) is 1. The number of fused-ring (bicyclic) bond motifs is 5. The Morgan fingerprint density at radius 3 is 2.83 bits per heavy atom. The van der Waals surface area contributed by atoms with Crippen LogP contribution < -0.4 is 4.74 Å². The molecule has 0 saturated carbocycles. The van der Waals surface area contributed by atoms with E-state index in [9.17, 15) is 9.90 Å². The van der Waals surface area contributed by atoms with Gasteiger partial charge in [0.05, 0.1) is 0 Å². The van der Waals surface area contributed by atoms with E-state index >= 15 is 0 Å². The topological polar surface area (TPSA) is 49.8 Å². The van der Waals surface area contributed by atoms with Gasteiger partial charge in [0.2, 0.25) is 0 Å². The second kappa shape index (κ2) is 4.83. The van der Waals surface area contributed by atoms with Crippen molar-refractivity contribution in [2.75, 3.05) is 13.6 Å². The Morgan fingerprint density at radius 2 is 2.00 bits per heavy atom. The van der Waals surface area contributed by atoms with Crippen LogP contribution in [0.5, 0.6) is 11.5 Å². The summed E-state index contributed by atoms with van der Waals surface area (Å²) in [5, 5.41) is 11.6. The fourth-order valence-corrected chi connectivity index (χ4v) is 3.82. The number of rotatable bonds is 0. The highest BCUT2D eigenvalue weighted by Crippen LogP contribution is 2.53. The fourth-order valence-electron chi connectivity index (χ4n) is 3.82. The lowest BCUT2D eigenvalue weighted by Gasteiger charge is -2.42. The summed E-state index contributed by atoms with van der Waals surface area (Å²) >= 11 is 0. The maximum Gasteiger partial charge on any atom is 0.259 e. The highest BCUT2D eigenvalue weighted by molar-refractivity contribution is 5.90. The predicted octanol–water partition coefficient (Wildman–Crippen LogP) is 2.93. The molecule has 2 heterocycles. The first-order valence-corrected chi connectivity index (χ1v) is 7.88. The molecule has 118 valence electrons. The lowest BCUT2D eigenvalue weighted by atomic mass is 9.72. The summed E-state index contributed by atoms with van der Waals surface area (Å²) in [7, 11) is 1.74. The zero-order valence-corrected chi connectivity index (χ0v) is 13.2. The molecule has 0 unspecified atom stereocenters. The zero-order chi connectivity index (χ0) is 16.2. The second-order valence-corrected chi connectivity index (χ2v) is 6.43. The Kier molecular flexibility index (Phi) is 3.00. The summed E-state index contributed by atoms with van der Waals surface area (Å²) in [6.07, 6.45) is 0.701. The highest BCUT2D eigenvalue weighted by atomic mass is 16.5. The third-order valence-electron chi connectivity index (χ3n) is 5.06. The van der Waals surface area contributed by atoms with Crippen molar-refractivity contribution >= 4 is 5.91 Å². The lowest BCUT2D eigenvalue weighted by Crippen LogP contribution is -2.53. The van der Waals surface area contributed by atoms with Crippen LogP contribution in [-0.4, -0.2) is 29.5 Å². The summed E-state index contributed by atoms with van der Waals surface area (Å²) in [6.45, 7) is 2.56. The molecule has 0 aromatic heterocycles. The van der Waals surface area contributed by atoms with Gasteiger partial charge in [-0.2, -0.15) is 0 Å². The van der Waals surface area contributed by atoms with Crippen LogP contribution in [0.4, 0.5) is 0 Å². The van der Waals surface area contributed by atoms with E-state index < -0.39 is 5.60 Å². The van der Waals surface area contributed by atoms with Crippen LogP contribution >= 0.6 is 0 Å². The number of ether oxygens (including phenoxy) is 1. The van der Waals surface area contributed by atoms with Gasteiger partial charge in [-0.3, -0.25) is 4.79 Å². The van der Waals surface area contributed by atoms with Crippen molar-refractivity contribution in [1.29, 1.82) is 0 Å². The number of carbonyl (C=O) groups excluding carboxylic acids is 1. The van der Waals surface area contributed by atoms with E-state index in [0.717, 1.165) is 16.9 Å². The molecule has 2 aliphatic rings. The number of piperidine rings is 1.